The molecule has 1 aromatic heterocycles. The van der Waals surface area contributed by atoms with E-state index in [0.717, 1.165) is 28.8 Å². The summed E-state index contributed by atoms with van der Waals surface area (Å²) >= 11 is 0. The zero-order chi connectivity index (χ0) is 15.4. The normalized spacial score (nSPS) is 10.6. The summed E-state index contributed by atoms with van der Waals surface area (Å²) in [7, 11) is 5.92. The van der Waals surface area contributed by atoms with E-state index in [0.29, 0.717) is 0 Å². The van der Waals surface area contributed by atoms with Gasteiger partial charge in [0.05, 0.1) is 11.4 Å². The third kappa shape index (κ3) is 3.62. The first-order valence-corrected chi connectivity index (χ1v) is 7.11. The van der Waals surface area contributed by atoms with Crippen LogP contribution in [-0.4, -0.2) is 31.1 Å². The molecule has 112 valence electrons. The topological polar surface area (TPSA) is 53.1 Å². The van der Waals surface area contributed by atoms with Gasteiger partial charge in [0.15, 0.2) is 0 Å². The fourth-order valence-electron chi connectivity index (χ4n) is 2.02. The maximum absolute atomic E-state index is 4.60. The summed E-state index contributed by atoms with van der Waals surface area (Å²) in [6.07, 6.45) is 0. The van der Waals surface area contributed by atoms with E-state index < -0.39 is 0 Å². The van der Waals surface area contributed by atoms with Crippen LogP contribution in [0.2, 0.25) is 0 Å². The Morgan fingerprint density at radius 2 is 1.71 bits per heavy atom. The quantitative estimate of drug-likeness (QED) is 0.881. The van der Waals surface area contributed by atoms with Crippen LogP contribution in [0.1, 0.15) is 25.6 Å². The highest BCUT2D eigenvalue weighted by Crippen LogP contribution is 2.27. The van der Waals surface area contributed by atoms with Gasteiger partial charge in [0.1, 0.15) is 17.5 Å². The first-order chi connectivity index (χ1) is 10.0. The Balaban J connectivity index is 2.37. The molecule has 21 heavy (non-hydrogen) atoms. The van der Waals surface area contributed by atoms with Gasteiger partial charge in [-0.3, -0.25) is 0 Å². The Hall–Kier alpha value is -2.30. The molecule has 0 saturated heterocycles. The molecule has 2 rings (SSSR count). The van der Waals surface area contributed by atoms with E-state index in [2.05, 4.69) is 45.4 Å². The van der Waals surface area contributed by atoms with Gasteiger partial charge in [-0.15, -0.1) is 0 Å². The summed E-state index contributed by atoms with van der Waals surface area (Å²) in [5.41, 5.74) is 2.14. The lowest BCUT2D eigenvalue weighted by Crippen LogP contribution is -2.11. The van der Waals surface area contributed by atoms with Crippen molar-refractivity contribution in [3.8, 4) is 0 Å². The molecule has 5 nitrogen and oxygen atoms in total. The van der Waals surface area contributed by atoms with Gasteiger partial charge in [-0.1, -0.05) is 26.0 Å². The van der Waals surface area contributed by atoms with Crippen molar-refractivity contribution < 1.29 is 0 Å². The molecular weight excluding hydrogens is 262 g/mol. The highest BCUT2D eigenvalue weighted by atomic mass is 15.1. The molecule has 0 atom stereocenters. The number of hydrogen-bond acceptors (Lipinski definition) is 5. The lowest BCUT2D eigenvalue weighted by atomic mass is 10.2. The largest absolute Gasteiger partial charge is 0.376 e. The van der Waals surface area contributed by atoms with Gasteiger partial charge in [-0.2, -0.15) is 0 Å². The second kappa shape index (κ2) is 6.43. The average molecular weight is 285 g/mol. The van der Waals surface area contributed by atoms with Crippen molar-refractivity contribution in [1.29, 1.82) is 0 Å². The van der Waals surface area contributed by atoms with E-state index in [1.807, 2.05) is 45.4 Å². The number of anilines is 4. The van der Waals surface area contributed by atoms with E-state index in [1.165, 1.54) is 0 Å². The molecular formula is C16H23N5. The van der Waals surface area contributed by atoms with E-state index in [4.69, 9.17) is 0 Å². The van der Waals surface area contributed by atoms with Crippen LogP contribution in [0.25, 0.3) is 0 Å². The number of benzene rings is 1. The van der Waals surface area contributed by atoms with Crippen LogP contribution in [0, 0.1) is 0 Å². The second-order valence-electron chi connectivity index (χ2n) is 5.44. The standard InChI is InChI=1S/C16H23N5/c1-11(2)16-19-14(17-3)10-15(20-16)18-12-8-6-7-9-13(12)21(4)5/h6-11H,1-5H3,(H2,17,18,19,20). The number of nitrogens with zero attached hydrogens (tertiary/aromatic N) is 3. The molecule has 0 aliphatic rings. The van der Waals surface area contributed by atoms with Crippen LogP contribution in [0.4, 0.5) is 23.0 Å². The lowest BCUT2D eigenvalue weighted by molar-refractivity contribution is 0.778. The number of para-hydroxylation sites is 2. The molecule has 0 unspecified atom stereocenters. The van der Waals surface area contributed by atoms with Crippen LogP contribution >= 0.6 is 0 Å². The molecule has 5 heteroatoms. The van der Waals surface area contributed by atoms with Crippen LogP contribution in [-0.2, 0) is 0 Å². The Bertz CT molecular complexity index is 607. The van der Waals surface area contributed by atoms with Crippen LogP contribution in [0.15, 0.2) is 30.3 Å². The Labute approximate surface area is 126 Å². The first-order valence-electron chi connectivity index (χ1n) is 7.11. The van der Waals surface area contributed by atoms with Crippen molar-refractivity contribution >= 4 is 23.0 Å². The maximum Gasteiger partial charge on any atom is 0.136 e. The molecule has 0 radical (unpaired) electrons. The zero-order valence-electron chi connectivity index (χ0n) is 13.3. The molecule has 1 aromatic carbocycles. The molecule has 0 spiro atoms. The summed E-state index contributed by atoms with van der Waals surface area (Å²) in [5.74, 6) is 2.72. The molecule has 0 saturated carbocycles. The van der Waals surface area contributed by atoms with Crippen molar-refractivity contribution in [3.63, 3.8) is 0 Å². The third-order valence-electron chi connectivity index (χ3n) is 3.16. The highest BCUT2D eigenvalue weighted by molar-refractivity contribution is 5.74. The highest BCUT2D eigenvalue weighted by Gasteiger charge is 2.09. The zero-order valence-corrected chi connectivity index (χ0v) is 13.3. The molecule has 0 fully saturated rings. The van der Waals surface area contributed by atoms with Gasteiger partial charge in [0.25, 0.3) is 0 Å². The summed E-state index contributed by atoms with van der Waals surface area (Å²) in [6.45, 7) is 4.18. The second-order valence-corrected chi connectivity index (χ2v) is 5.44. The predicted molar refractivity (Wildman–Crippen MR) is 89.7 cm³/mol. The third-order valence-corrected chi connectivity index (χ3v) is 3.16. The molecule has 0 aliphatic carbocycles. The smallest absolute Gasteiger partial charge is 0.136 e. The molecule has 0 bridgehead atoms. The minimum atomic E-state index is 0.281. The van der Waals surface area contributed by atoms with Gasteiger partial charge >= 0.3 is 0 Å². The van der Waals surface area contributed by atoms with Crippen LogP contribution in [0.3, 0.4) is 0 Å². The van der Waals surface area contributed by atoms with E-state index in [-0.39, 0.29) is 5.92 Å². The fraction of sp³-hybridized carbons (Fsp3) is 0.375. The molecule has 0 aliphatic heterocycles. The fourth-order valence-corrected chi connectivity index (χ4v) is 2.02. The lowest BCUT2D eigenvalue weighted by Gasteiger charge is -2.18. The van der Waals surface area contributed by atoms with Gasteiger partial charge in [-0.05, 0) is 12.1 Å². The number of aromatic nitrogens is 2. The van der Waals surface area contributed by atoms with E-state index in [9.17, 15) is 0 Å². The summed E-state index contributed by atoms with van der Waals surface area (Å²) in [4.78, 5) is 11.1. The van der Waals surface area contributed by atoms with E-state index >= 15 is 0 Å². The average Bonchev–Trinajstić information content (AvgIpc) is 2.47. The van der Waals surface area contributed by atoms with Gasteiger partial charge in [0, 0.05) is 33.1 Å². The number of nitrogens with one attached hydrogen (secondary N) is 2. The SMILES string of the molecule is CNc1cc(Nc2ccccc2N(C)C)nc(C(C)C)n1. The van der Waals surface area contributed by atoms with Crippen LogP contribution in [0.5, 0.6) is 0 Å². The van der Waals surface area contributed by atoms with Gasteiger partial charge < -0.3 is 15.5 Å². The monoisotopic (exact) mass is 285 g/mol. The summed E-state index contributed by atoms with van der Waals surface area (Å²) < 4.78 is 0. The maximum atomic E-state index is 4.60. The van der Waals surface area contributed by atoms with E-state index in [1.54, 1.807) is 0 Å². The van der Waals surface area contributed by atoms with Crippen LogP contribution < -0.4 is 15.5 Å². The van der Waals surface area contributed by atoms with Crippen molar-refractivity contribution in [1.82, 2.24) is 9.97 Å². The van der Waals surface area contributed by atoms with Gasteiger partial charge in [-0.25, -0.2) is 9.97 Å². The number of rotatable bonds is 5. The summed E-state index contributed by atoms with van der Waals surface area (Å²) in [5, 5.41) is 6.48. The minimum Gasteiger partial charge on any atom is -0.376 e. The van der Waals surface area contributed by atoms with Crippen molar-refractivity contribution in [2.75, 3.05) is 36.7 Å². The van der Waals surface area contributed by atoms with Crippen molar-refractivity contribution in [3.05, 3.63) is 36.2 Å². The summed E-state index contributed by atoms with van der Waals surface area (Å²) in [6, 6.07) is 10.1. The van der Waals surface area contributed by atoms with Gasteiger partial charge in [0.2, 0.25) is 0 Å². The Morgan fingerprint density at radius 1 is 1.05 bits per heavy atom. The number of hydrogen-bond donors (Lipinski definition) is 2. The van der Waals surface area contributed by atoms with Crippen molar-refractivity contribution in [2.45, 2.75) is 19.8 Å². The van der Waals surface area contributed by atoms with Crippen molar-refractivity contribution in [2.24, 2.45) is 0 Å². The molecule has 0 amide bonds. The Kier molecular flexibility index (Phi) is 4.62. The molecule has 2 aromatic rings. The molecule has 1 heterocycles. The Morgan fingerprint density at radius 3 is 2.33 bits per heavy atom. The minimum absolute atomic E-state index is 0.281. The first kappa shape index (κ1) is 15.1. The predicted octanol–water partition coefficient (Wildman–Crippen LogP) is 3.45. The molecule has 2 N–H and O–H groups in total.